The number of hydrogen-bond donors (Lipinski definition) is 0. The van der Waals surface area contributed by atoms with E-state index in [1.54, 1.807) is 5.57 Å². The maximum Gasteiger partial charge on any atom is 0.0531 e. The molecule has 0 aromatic carbocycles. The van der Waals surface area contributed by atoms with Crippen LogP contribution in [0.15, 0.2) is 36.5 Å². The van der Waals surface area contributed by atoms with Gasteiger partial charge in [0.15, 0.2) is 0 Å². The van der Waals surface area contributed by atoms with Gasteiger partial charge in [-0.15, -0.1) is 0 Å². The summed E-state index contributed by atoms with van der Waals surface area (Å²) in [5, 5.41) is 2.66. The van der Waals surface area contributed by atoms with Crippen LogP contribution >= 0.6 is 0 Å². The van der Waals surface area contributed by atoms with Crippen molar-refractivity contribution in [3.63, 3.8) is 0 Å². The van der Waals surface area contributed by atoms with E-state index in [9.17, 15) is 0 Å². The van der Waals surface area contributed by atoms with Gasteiger partial charge in [-0.1, -0.05) is 84.1 Å². The number of allylic oxidation sites excluding steroid dienone is 6. The largest absolute Gasteiger partial charge is 0.317 e. The van der Waals surface area contributed by atoms with Crippen LogP contribution in [0.5, 0.6) is 0 Å². The first-order valence-electron chi connectivity index (χ1n) is 10.3. The smallest absolute Gasteiger partial charge is 0.0531 e. The number of rotatable bonds is 2. The van der Waals surface area contributed by atoms with Crippen molar-refractivity contribution >= 4 is 23.9 Å². The molecule has 0 fully saturated rings. The fourth-order valence-corrected chi connectivity index (χ4v) is 4.14. The third-order valence-electron chi connectivity index (χ3n) is 5.43. The molecule has 1 aromatic heterocycles. The molecular formula is C26H35N. The van der Waals surface area contributed by atoms with Crippen molar-refractivity contribution in [1.29, 1.82) is 0 Å². The van der Waals surface area contributed by atoms with Crippen LogP contribution in [-0.2, 0) is 6.42 Å². The quantitative estimate of drug-likeness (QED) is 0.623. The first-order valence-corrected chi connectivity index (χ1v) is 10.3. The van der Waals surface area contributed by atoms with Gasteiger partial charge in [0, 0.05) is 22.2 Å². The maximum absolute atomic E-state index is 4.01. The first kappa shape index (κ1) is 19.7. The van der Waals surface area contributed by atoms with Crippen molar-refractivity contribution in [2.75, 3.05) is 0 Å². The molecule has 2 aliphatic rings. The van der Waals surface area contributed by atoms with Crippen molar-refractivity contribution in [1.82, 2.24) is 4.57 Å². The van der Waals surface area contributed by atoms with E-state index in [1.807, 2.05) is 6.08 Å². The van der Waals surface area contributed by atoms with E-state index >= 15 is 0 Å². The summed E-state index contributed by atoms with van der Waals surface area (Å²) in [7, 11) is 0. The minimum absolute atomic E-state index is 0.123. The molecule has 0 atom stereocenters. The molecule has 3 rings (SSSR count). The molecule has 144 valence electrons. The summed E-state index contributed by atoms with van der Waals surface area (Å²) in [5.74, 6) is 0. The van der Waals surface area contributed by atoms with Crippen molar-refractivity contribution in [2.45, 2.75) is 67.2 Å². The van der Waals surface area contributed by atoms with Crippen molar-refractivity contribution in [3.8, 4) is 0 Å². The molecular weight excluding hydrogens is 326 g/mol. The van der Waals surface area contributed by atoms with E-state index in [2.05, 4.69) is 89.1 Å². The summed E-state index contributed by atoms with van der Waals surface area (Å²) >= 11 is 0. The van der Waals surface area contributed by atoms with Gasteiger partial charge in [0.25, 0.3) is 0 Å². The van der Waals surface area contributed by atoms with Crippen LogP contribution in [0.4, 0.5) is 0 Å². The summed E-state index contributed by atoms with van der Waals surface area (Å²) in [6.07, 6.45) is 20.3. The van der Waals surface area contributed by atoms with Gasteiger partial charge in [-0.3, -0.25) is 0 Å². The van der Waals surface area contributed by atoms with Gasteiger partial charge in [0.2, 0.25) is 0 Å². The highest BCUT2D eigenvalue weighted by Crippen LogP contribution is 2.35. The summed E-state index contributed by atoms with van der Waals surface area (Å²) < 4.78 is 2.52. The van der Waals surface area contributed by atoms with E-state index in [4.69, 9.17) is 0 Å². The maximum atomic E-state index is 4.01. The number of fused-ring (bicyclic) bond motifs is 1. The molecule has 2 aliphatic carbocycles. The van der Waals surface area contributed by atoms with Crippen LogP contribution in [0.25, 0.3) is 23.9 Å². The molecule has 0 saturated heterocycles. The SMILES string of the molecule is C=C/C=c1\c(=CC(C)(C)C)c2c(n1C1=CC=CCC1)CCC(C(C)(C)C)=C2. The molecule has 0 saturated carbocycles. The van der Waals surface area contributed by atoms with Crippen LogP contribution in [0, 0.1) is 10.8 Å². The van der Waals surface area contributed by atoms with E-state index in [0.29, 0.717) is 0 Å². The minimum Gasteiger partial charge on any atom is -0.317 e. The number of hydrogen-bond acceptors (Lipinski definition) is 0. The summed E-state index contributed by atoms with van der Waals surface area (Å²) in [6, 6.07) is 0. The van der Waals surface area contributed by atoms with Gasteiger partial charge in [-0.05, 0) is 48.7 Å². The third-order valence-corrected chi connectivity index (χ3v) is 5.43. The first-order chi connectivity index (χ1) is 12.6. The molecule has 0 unspecified atom stereocenters. The lowest BCUT2D eigenvalue weighted by molar-refractivity contribution is 0.482. The Balaban J connectivity index is 2.42. The van der Waals surface area contributed by atoms with Crippen LogP contribution in [0.3, 0.4) is 0 Å². The number of aromatic nitrogens is 1. The second-order valence-electron chi connectivity index (χ2n) is 9.95. The van der Waals surface area contributed by atoms with Gasteiger partial charge >= 0.3 is 0 Å². The fraction of sp³-hybridized carbons (Fsp3) is 0.462. The van der Waals surface area contributed by atoms with E-state index in [1.165, 1.54) is 27.5 Å². The standard InChI is InChI=1S/C26H35N/c1-8-12-23-22(18-25(2,3)4)21-17-19(26(5,6)7)15-16-24(21)27(23)20-13-10-9-11-14-20/h8-10,12-13,17-18H,1,11,14-16H2,2-7H3/b22-18?,23-12+. The summed E-state index contributed by atoms with van der Waals surface area (Å²) in [6.45, 7) is 17.9. The Bertz CT molecular complexity index is 944. The lowest BCUT2D eigenvalue weighted by Gasteiger charge is -2.27. The molecule has 0 N–H and O–H groups in total. The van der Waals surface area contributed by atoms with Crippen LogP contribution in [0.1, 0.15) is 72.1 Å². The molecule has 0 bridgehead atoms. The van der Waals surface area contributed by atoms with E-state index < -0.39 is 0 Å². The molecule has 1 nitrogen and oxygen atoms in total. The van der Waals surface area contributed by atoms with Gasteiger partial charge in [0.05, 0.1) is 5.35 Å². The Kier molecular flexibility index (Phi) is 5.25. The number of nitrogens with zero attached hydrogens (tertiary/aromatic N) is 1. The summed E-state index contributed by atoms with van der Waals surface area (Å²) in [5.41, 5.74) is 6.19. The second kappa shape index (κ2) is 7.19. The Morgan fingerprint density at radius 3 is 2.33 bits per heavy atom. The Morgan fingerprint density at radius 1 is 1.04 bits per heavy atom. The van der Waals surface area contributed by atoms with Gasteiger partial charge in [-0.25, -0.2) is 0 Å². The average molecular weight is 362 g/mol. The minimum atomic E-state index is 0.123. The van der Waals surface area contributed by atoms with Crippen LogP contribution in [-0.4, -0.2) is 4.57 Å². The van der Waals surface area contributed by atoms with Crippen LogP contribution in [0.2, 0.25) is 0 Å². The van der Waals surface area contributed by atoms with Crippen LogP contribution < -0.4 is 10.6 Å². The topological polar surface area (TPSA) is 4.93 Å². The molecule has 0 aliphatic heterocycles. The lowest BCUT2D eigenvalue weighted by Crippen LogP contribution is -2.31. The highest BCUT2D eigenvalue weighted by Gasteiger charge is 2.26. The monoisotopic (exact) mass is 361 g/mol. The van der Waals surface area contributed by atoms with Gasteiger partial charge in [0.1, 0.15) is 0 Å². The third kappa shape index (κ3) is 4.13. The van der Waals surface area contributed by atoms with Crippen molar-refractivity contribution in [3.05, 3.63) is 58.3 Å². The zero-order chi connectivity index (χ0) is 19.8. The molecule has 1 heterocycles. The molecule has 1 aromatic rings. The lowest BCUT2D eigenvalue weighted by atomic mass is 9.79. The predicted octanol–water partition coefficient (Wildman–Crippen LogP) is 5.85. The zero-order valence-electron chi connectivity index (χ0n) is 18.0. The molecule has 0 amide bonds. The Labute approximate surface area is 165 Å². The molecule has 0 spiro atoms. The average Bonchev–Trinajstić information content (AvgIpc) is 2.87. The van der Waals surface area contributed by atoms with E-state index in [-0.39, 0.29) is 10.8 Å². The Morgan fingerprint density at radius 2 is 1.78 bits per heavy atom. The van der Waals surface area contributed by atoms with Gasteiger partial charge in [-0.2, -0.15) is 0 Å². The van der Waals surface area contributed by atoms with E-state index in [0.717, 1.165) is 25.7 Å². The van der Waals surface area contributed by atoms with Crippen molar-refractivity contribution < 1.29 is 0 Å². The summed E-state index contributed by atoms with van der Waals surface area (Å²) in [4.78, 5) is 0. The molecule has 27 heavy (non-hydrogen) atoms. The highest BCUT2D eigenvalue weighted by atomic mass is 15.0. The fourth-order valence-electron chi connectivity index (χ4n) is 4.14. The normalized spacial score (nSPS) is 19.0. The zero-order valence-corrected chi connectivity index (χ0v) is 18.0. The highest BCUT2D eigenvalue weighted by molar-refractivity contribution is 5.67. The Hall–Kier alpha value is -2.02. The van der Waals surface area contributed by atoms with Gasteiger partial charge < -0.3 is 4.57 Å². The van der Waals surface area contributed by atoms with Crippen molar-refractivity contribution in [2.24, 2.45) is 10.8 Å². The second-order valence-corrected chi connectivity index (χ2v) is 9.95. The predicted molar refractivity (Wildman–Crippen MR) is 121 cm³/mol. The molecule has 0 radical (unpaired) electrons. The molecule has 1 heteroatoms.